The number of likely N-dealkylation sites (N-methyl/N-ethyl adjacent to an activating group) is 1. The van der Waals surface area contributed by atoms with E-state index in [9.17, 15) is 9.18 Å². The summed E-state index contributed by atoms with van der Waals surface area (Å²) < 4.78 is 13.7. The van der Waals surface area contributed by atoms with Crippen molar-refractivity contribution in [2.45, 2.75) is 19.4 Å². The smallest absolute Gasteiger partial charge is 0.317 e. The fraction of sp³-hybridized carbons (Fsp3) is 0.571. The molecule has 2 rings (SSSR count). The fourth-order valence-electron chi connectivity index (χ4n) is 2.47. The molecule has 7 heteroatoms. The van der Waals surface area contributed by atoms with Crippen molar-refractivity contribution in [2.75, 3.05) is 37.7 Å². The number of aliphatic hydroxyl groups is 1. The molecule has 2 amide bonds. The lowest BCUT2D eigenvalue weighted by Gasteiger charge is -2.23. The maximum absolute atomic E-state index is 13.7. The van der Waals surface area contributed by atoms with Gasteiger partial charge in [0.25, 0.3) is 0 Å². The minimum atomic E-state index is -0.347. The topological polar surface area (TPSA) is 68.7 Å². The summed E-state index contributed by atoms with van der Waals surface area (Å²) in [5, 5.41) is 11.8. The number of carbonyl (C=O) groups is 1. The number of halogens is 1. The van der Waals surface area contributed by atoms with Crippen LogP contribution in [0.15, 0.2) is 18.3 Å². The Hall–Kier alpha value is -1.89. The standard InChI is InChI=1S/C14H21FN4O2/c1-2-18(8-9-20)14(21)17-11-5-7-19(10-11)13-12(15)4-3-6-16-13/h3-4,6,11,20H,2,5,7-10H2,1H3,(H,17,21). The largest absolute Gasteiger partial charge is 0.395 e. The number of amides is 2. The van der Waals surface area contributed by atoms with Crippen LogP contribution in [0.2, 0.25) is 0 Å². The van der Waals surface area contributed by atoms with Crippen molar-refractivity contribution >= 4 is 11.8 Å². The van der Waals surface area contributed by atoms with E-state index in [-0.39, 0.29) is 24.5 Å². The maximum Gasteiger partial charge on any atom is 0.317 e. The van der Waals surface area contributed by atoms with E-state index in [1.54, 1.807) is 17.2 Å². The molecule has 0 aliphatic carbocycles. The quantitative estimate of drug-likeness (QED) is 0.844. The van der Waals surface area contributed by atoms with Gasteiger partial charge in [-0.05, 0) is 25.5 Å². The molecular formula is C14H21FN4O2. The third kappa shape index (κ3) is 3.81. The number of nitrogens with one attached hydrogen (secondary N) is 1. The number of aliphatic hydroxyl groups excluding tert-OH is 1. The highest BCUT2D eigenvalue weighted by Crippen LogP contribution is 2.20. The van der Waals surface area contributed by atoms with E-state index < -0.39 is 0 Å². The summed E-state index contributed by atoms with van der Waals surface area (Å²) in [6.07, 6.45) is 2.31. The number of aromatic nitrogens is 1. The third-order valence-electron chi connectivity index (χ3n) is 3.59. The molecule has 116 valence electrons. The number of rotatable bonds is 5. The van der Waals surface area contributed by atoms with Crippen LogP contribution in [-0.4, -0.2) is 59.8 Å². The molecule has 1 fully saturated rings. The lowest BCUT2D eigenvalue weighted by molar-refractivity contribution is 0.178. The van der Waals surface area contributed by atoms with Crippen molar-refractivity contribution in [3.05, 3.63) is 24.1 Å². The Morgan fingerprint density at radius 2 is 2.48 bits per heavy atom. The first-order valence-corrected chi connectivity index (χ1v) is 7.17. The molecule has 21 heavy (non-hydrogen) atoms. The minimum Gasteiger partial charge on any atom is -0.395 e. The van der Waals surface area contributed by atoms with E-state index in [2.05, 4.69) is 10.3 Å². The minimum absolute atomic E-state index is 0.0355. The second kappa shape index (κ2) is 7.21. The van der Waals surface area contributed by atoms with Crippen LogP contribution < -0.4 is 10.2 Å². The zero-order chi connectivity index (χ0) is 15.2. The van der Waals surface area contributed by atoms with Gasteiger partial charge in [0, 0.05) is 38.4 Å². The zero-order valence-corrected chi connectivity index (χ0v) is 12.1. The summed E-state index contributed by atoms with van der Waals surface area (Å²) in [5.41, 5.74) is 0. The van der Waals surface area contributed by atoms with Crippen LogP contribution in [0.1, 0.15) is 13.3 Å². The molecule has 1 saturated heterocycles. The number of pyridine rings is 1. The van der Waals surface area contributed by atoms with E-state index in [0.29, 0.717) is 32.0 Å². The molecule has 2 heterocycles. The zero-order valence-electron chi connectivity index (χ0n) is 12.1. The summed E-state index contributed by atoms with van der Waals surface area (Å²) in [6.45, 7) is 3.85. The van der Waals surface area contributed by atoms with Gasteiger partial charge in [-0.1, -0.05) is 0 Å². The summed E-state index contributed by atoms with van der Waals surface area (Å²) in [4.78, 5) is 19.5. The highest BCUT2D eigenvalue weighted by atomic mass is 19.1. The van der Waals surface area contributed by atoms with Gasteiger partial charge in [0.15, 0.2) is 11.6 Å². The molecule has 2 N–H and O–H groups in total. The molecule has 6 nitrogen and oxygen atoms in total. The van der Waals surface area contributed by atoms with Crippen LogP contribution in [0.4, 0.5) is 15.0 Å². The Morgan fingerprint density at radius 1 is 1.67 bits per heavy atom. The molecule has 0 spiro atoms. The van der Waals surface area contributed by atoms with Gasteiger partial charge in [-0.15, -0.1) is 0 Å². The fourth-order valence-corrected chi connectivity index (χ4v) is 2.47. The van der Waals surface area contributed by atoms with Gasteiger partial charge in [-0.2, -0.15) is 0 Å². The Balaban J connectivity index is 1.91. The van der Waals surface area contributed by atoms with E-state index in [0.717, 1.165) is 6.42 Å². The monoisotopic (exact) mass is 296 g/mol. The number of hydrogen-bond donors (Lipinski definition) is 2. The van der Waals surface area contributed by atoms with Crippen LogP contribution in [-0.2, 0) is 0 Å². The number of urea groups is 1. The number of hydrogen-bond acceptors (Lipinski definition) is 4. The van der Waals surface area contributed by atoms with E-state index in [1.807, 2.05) is 11.8 Å². The Bertz CT molecular complexity index is 486. The van der Waals surface area contributed by atoms with Crippen LogP contribution >= 0.6 is 0 Å². The second-order valence-corrected chi connectivity index (χ2v) is 4.99. The summed E-state index contributed by atoms with van der Waals surface area (Å²) in [6, 6.07) is 2.71. The second-order valence-electron chi connectivity index (χ2n) is 4.99. The molecule has 1 atom stereocenters. The van der Waals surface area contributed by atoms with Gasteiger partial charge in [-0.3, -0.25) is 0 Å². The van der Waals surface area contributed by atoms with Gasteiger partial charge >= 0.3 is 6.03 Å². The molecule has 0 radical (unpaired) electrons. The number of anilines is 1. The van der Waals surface area contributed by atoms with Gasteiger partial charge in [-0.25, -0.2) is 14.2 Å². The normalized spacial score (nSPS) is 17.9. The Morgan fingerprint density at radius 3 is 3.14 bits per heavy atom. The van der Waals surface area contributed by atoms with Crippen LogP contribution in [0.5, 0.6) is 0 Å². The molecule has 0 aromatic carbocycles. The molecule has 1 unspecified atom stereocenters. The summed E-state index contributed by atoms with van der Waals surface area (Å²) >= 11 is 0. The van der Waals surface area contributed by atoms with Gasteiger partial charge < -0.3 is 20.2 Å². The first-order valence-electron chi connectivity index (χ1n) is 7.17. The molecule has 0 bridgehead atoms. The van der Waals surface area contributed by atoms with Crippen molar-refractivity contribution in [1.29, 1.82) is 0 Å². The molecule has 1 aliphatic rings. The lowest BCUT2D eigenvalue weighted by Crippen LogP contribution is -2.46. The van der Waals surface area contributed by atoms with E-state index in [4.69, 9.17) is 5.11 Å². The predicted octanol–water partition coefficient (Wildman–Crippen LogP) is 0.823. The van der Waals surface area contributed by atoms with Crippen molar-refractivity contribution in [2.24, 2.45) is 0 Å². The molecule has 0 saturated carbocycles. The Labute approximate surface area is 123 Å². The highest BCUT2D eigenvalue weighted by Gasteiger charge is 2.27. The summed E-state index contributed by atoms with van der Waals surface area (Å²) in [7, 11) is 0. The van der Waals surface area contributed by atoms with Crippen molar-refractivity contribution in [3.63, 3.8) is 0 Å². The molecule has 1 aromatic heterocycles. The SMILES string of the molecule is CCN(CCO)C(=O)NC1CCN(c2ncccc2F)C1. The molecular weight excluding hydrogens is 275 g/mol. The predicted molar refractivity (Wildman–Crippen MR) is 77.7 cm³/mol. The number of nitrogens with zero attached hydrogens (tertiary/aromatic N) is 3. The van der Waals surface area contributed by atoms with Crippen molar-refractivity contribution in [1.82, 2.24) is 15.2 Å². The van der Waals surface area contributed by atoms with E-state index >= 15 is 0 Å². The third-order valence-corrected chi connectivity index (χ3v) is 3.59. The number of carbonyl (C=O) groups excluding carboxylic acids is 1. The maximum atomic E-state index is 13.7. The molecule has 1 aromatic rings. The van der Waals surface area contributed by atoms with Crippen LogP contribution in [0.3, 0.4) is 0 Å². The summed E-state index contributed by atoms with van der Waals surface area (Å²) in [5.74, 6) is -0.0168. The Kier molecular flexibility index (Phi) is 5.32. The van der Waals surface area contributed by atoms with Gasteiger partial charge in [0.2, 0.25) is 0 Å². The van der Waals surface area contributed by atoms with Crippen LogP contribution in [0.25, 0.3) is 0 Å². The lowest BCUT2D eigenvalue weighted by atomic mass is 10.3. The van der Waals surface area contributed by atoms with Crippen molar-refractivity contribution < 1.29 is 14.3 Å². The van der Waals surface area contributed by atoms with Crippen LogP contribution in [0, 0.1) is 5.82 Å². The van der Waals surface area contributed by atoms with Crippen molar-refractivity contribution in [3.8, 4) is 0 Å². The van der Waals surface area contributed by atoms with Gasteiger partial charge in [0.1, 0.15) is 0 Å². The molecule has 1 aliphatic heterocycles. The first kappa shape index (κ1) is 15.5. The average Bonchev–Trinajstić information content (AvgIpc) is 2.93. The van der Waals surface area contributed by atoms with Gasteiger partial charge in [0.05, 0.1) is 6.61 Å². The average molecular weight is 296 g/mol. The van der Waals surface area contributed by atoms with E-state index in [1.165, 1.54) is 6.07 Å². The highest BCUT2D eigenvalue weighted by molar-refractivity contribution is 5.74. The first-order chi connectivity index (χ1) is 10.2.